The van der Waals surface area contributed by atoms with E-state index in [1.54, 1.807) is 0 Å². The zero-order valence-electron chi connectivity index (χ0n) is 37.9. The fraction of sp³-hybridized carbons (Fsp3) is 0.0149. The van der Waals surface area contributed by atoms with E-state index >= 15 is 0 Å². The molecule has 2 aliphatic carbocycles. The molecule has 0 bridgehead atoms. The molecule has 1 unspecified atom stereocenters. The Kier molecular flexibility index (Phi) is 8.28. The first-order valence-electron chi connectivity index (χ1n) is 24.1. The molecule has 11 aromatic carbocycles. The van der Waals surface area contributed by atoms with Crippen molar-refractivity contribution in [3.63, 3.8) is 0 Å². The number of anilines is 3. The van der Waals surface area contributed by atoms with Crippen LogP contribution < -0.4 is 4.90 Å². The van der Waals surface area contributed by atoms with E-state index in [2.05, 4.69) is 229 Å². The summed E-state index contributed by atoms with van der Waals surface area (Å²) in [5.74, 6) is 0. The highest BCUT2D eigenvalue weighted by atomic mass is 16.3. The van der Waals surface area contributed by atoms with Crippen molar-refractivity contribution in [1.29, 1.82) is 0 Å². The van der Waals surface area contributed by atoms with Gasteiger partial charge in [0.25, 0.3) is 0 Å². The molecule has 0 N–H and O–H groups in total. The number of rotatable bonds is 6. The molecule has 0 saturated carbocycles. The Labute approximate surface area is 404 Å². The number of furan rings is 2. The third-order valence-electron chi connectivity index (χ3n) is 15.1. The van der Waals surface area contributed by atoms with Gasteiger partial charge in [-0.15, -0.1) is 0 Å². The lowest BCUT2D eigenvalue weighted by molar-refractivity contribution is 0.669. The monoisotopic (exact) mass is 891 g/mol. The molecule has 70 heavy (non-hydrogen) atoms. The van der Waals surface area contributed by atoms with Crippen molar-refractivity contribution in [2.75, 3.05) is 4.90 Å². The maximum atomic E-state index is 6.54. The first-order chi connectivity index (χ1) is 34.7. The van der Waals surface area contributed by atoms with Crippen molar-refractivity contribution < 1.29 is 8.83 Å². The smallest absolute Gasteiger partial charge is 0.143 e. The van der Waals surface area contributed by atoms with Crippen LogP contribution in [0.2, 0.25) is 0 Å². The summed E-state index contributed by atoms with van der Waals surface area (Å²) >= 11 is 0. The predicted molar refractivity (Wildman–Crippen MR) is 288 cm³/mol. The summed E-state index contributed by atoms with van der Waals surface area (Å²) in [5.41, 5.74) is 23.3. The SMILES string of the molecule is c1ccc(-c2ccc3c(c2)C2(c4ccccc4-3)c3ccccc3-c3c(N(c4ccc(-c5cccc6c5oc5ccccc56)cc4)c4ccc(-c5cccc6c5oc5ccccc56)cc4)cccc32)cc1. The molecule has 0 fully saturated rings. The van der Waals surface area contributed by atoms with Gasteiger partial charge >= 0.3 is 0 Å². The Morgan fingerprint density at radius 2 is 0.743 bits per heavy atom. The van der Waals surface area contributed by atoms with E-state index in [1.165, 1.54) is 55.6 Å². The van der Waals surface area contributed by atoms with Crippen LogP contribution in [0.4, 0.5) is 17.1 Å². The molecule has 3 nitrogen and oxygen atoms in total. The van der Waals surface area contributed by atoms with Crippen molar-refractivity contribution >= 4 is 60.9 Å². The average Bonchev–Trinajstić information content (AvgIpc) is 4.17. The Balaban J connectivity index is 0.943. The fourth-order valence-electron chi connectivity index (χ4n) is 12.1. The second kappa shape index (κ2) is 14.9. The van der Waals surface area contributed by atoms with Crippen LogP contribution in [0.5, 0.6) is 0 Å². The fourth-order valence-corrected chi connectivity index (χ4v) is 12.1. The van der Waals surface area contributed by atoms with E-state index in [0.29, 0.717) is 0 Å². The van der Waals surface area contributed by atoms with Crippen molar-refractivity contribution in [3.05, 3.63) is 271 Å². The molecule has 0 radical (unpaired) electrons. The third kappa shape index (κ3) is 5.46. The topological polar surface area (TPSA) is 29.5 Å². The first kappa shape index (κ1) is 38.9. The standard InChI is InChI=1S/C67H41NO2/c1-2-15-42(16-3-1)45-35-40-51-50-17-4-8-25-57(50)67(60(51)41-45)58-26-9-5-20-56(58)64-59(67)27-14-28-61(64)68(46-36-31-43(32-37-46)48-21-12-23-54-52-18-6-10-29-62(52)69-65(48)54)47-38-33-44(34-39-47)49-22-13-24-55-53-19-7-11-30-63(53)70-66(49)55/h1-41H. The molecule has 0 aliphatic heterocycles. The third-order valence-corrected chi connectivity index (χ3v) is 15.1. The second-order valence-electron chi connectivity index (χ2n) is 18.7. The van der Waals surface area contributed by atoms with Gasteiger partial charge in [-0.1, -0.05) is 200 Å². The van der Waals surface area contributed by atoms with E-state index in [4.69, 9.17) is 8.83 Å². The highest BCUT2D eigenvalue weighted by Gasteiger charge is 2.52. The van der Waals surface area contributed by atoms with Gasteiger partial charge in [0.15, 0.2) is 0 Å². The summed E-state index contributed by atoms with van der Waals surface area (Å²) in [6.45, 7) is 0. The van der Waals surface area contributed by atoms with Crippen LogP contribution >= 0.6 is 0 Å². The van der Waals surface area contributed by atoms with Crippen LogP contribution in [-0.2, 0) is 5.41 Å². The molecule has 2 heterocycles. The molecular formula is C67H41NO2. The lowest BCUT2D eigenvalue weighted by Crippen LogP contribution is -2.26. The van der Waals surface area contributed by atoms with E-state index in [-0.39, 0.29) is 0 Å². The van der Waals surface area contributed by atoms with Crippen LogP contribution in [0.1, 0.15) is 22.3 Å². The van der Waals surface area contributed by atoms with Gasteiger partial charge in [-0.3, -0.25) is 0 Å². The van der Waals surface area contributed by atoms with Gasteiger partial charge in [-0.25, -0.2) is 0 Å². The molecular weight excluding hydrogens is 851 g/mol. The number of nitrogens with zero attached hydrogens (tertiary/aromatic N) is 1. The molecule has 1 spiro atoms. The summed E-state index contributed by atoms with van der Waals surface area (Å²) in [7, 11) is 0. The van der Waals surface area contributed by atoms with Crippen LogP contribution in [0, 0.1) is 0 Å². The van der Waals surface area contributed by atoms with Crippen LogP contribution in [0.15, 0.2) is 258 Å². The number of hydrogen-bond acceptors (Lipinski definition) is 3. The highest BCUT2D eigenvalue weighted by molar-refractivity contribution is 6.11. The molecule has 15 rings (SSSR count). The Morgan fingerprint density at radius 3 is 1.37 bits per heavy atom. The lowest BCUT2D eigenvalue weighted by Gasteiger charge is -2.32. The summed E-state index contributed by atoms with van der Waals surface area (Å²) in [4.78, 5) is 2.45. The van der Waals surface area contributed by atoms with Crippen LogP contribution in [0.25, 0.3) is 99.5 Å². The lowest BCUT2D eigenvalue weighted by atomic mass is 9.70. The molecule has 3 heteroatoms. The largest absolute Gasteiger partial charge is 0.455 e. The zero-order chi connectivity index (χ0) is 45.9. The highest BCUT2D eigenvalue weighted by Crippen LogP contribution is 2.65. The number of fused-ring (bicyclic) bond motifs is 16. The summed E-state index contributed by atoms with van der Waals surface area (Å²) in [5, 5.41) is 4.50. The Bertz CT molecular complexity index is 4080. The van der Waals surface area contributed by atoms with Gasteiger partial charge in [-0.05, 0) is 110 Å². The number of hydrogen-bond donors (Lipinski definition) is 0. The normalized spacial score (nSPS) is 14.3. The summed E-state index contributed by atoms with van der Waals surface area (Å²) in [6, 6.07) is 90.6. The van der Waals surface area contributed by atoms with Gasteiger partial charge in [0.2, 0.25) is 0 Å². The van der Waals surface area contributed by atoms with Gasteiger partial charge in [0.05, 0.1) is 11.1 Å². The predicted octanol–water partition coefficient (Wildman–Crippen LogP) is 18.3. The van der Waals surface area contributed by atoms with E-state index in [9.17, 15) is 0 Å². The first-order valence-corrected chi connectivity index (χ1v) is 24.1. The summed E-state index contributed by atoms with van der Waals surface area (Å²) < 4.78 is 13.1. The Hall–Kier alpha value is -9.18. The summed E-state index contributed by atoms with van der Waals surface area (Å²) in [6.07, 6.45) is 0. The van der Waals surface area contributed by atoms with Crippen LogP contribution in [-0.4, -0.2) is 0 Å². The maximum Gasteiger partial charge on any atom is 0.143 e. The minimum Gasteiger partial charge on any atom is -0.455 e. The van der Waals surface area contributed by atoms with E-state index in [1.807, 2.05) is 24.3 Å². The van der Waals surface area contributed by atoms with Gasteiger partial charge < -0.3 is 13.7 Å². The minimum atomic E-state index is -0.533. The molecule has 13 aromatic rings. The van der Waals surface area contributed by atoms with Gasteiger partial charge in [0.1, 0.15) is 22.3 Å². The van der Waals surface area contributed by atoms with Crippen molar-refractivity contribution in [3.8, 4) is 55.6 Å². The maximum absolute atomic E-state index is 6.54. The molecule has 0 saturated heterocycles. The minimum absolute atomic E-state index is 0.533. The van der Waals surface area contributed by atoms with E-state index in [0.717, 1.165) is 83.2 Å². The quantitative estimate of drug-likeness (QED) is 0.167. The Morgan fingerprint density at radius 1 is 0.286 bits per heavy atom. The van der Waals surface area contributed by atoms with Gasteiger partial charge in [-0.2, -0.15) is 0 Å². The molecule has 326 valence electrons. The van der Waals surface area contributed by atoms with E-state index < -0.39 is 5.41 Å². The van der Waals surface area contributed by atoms with Crippen molar-refractivity contribution in [1.82, 2.24) is 0 Å². The van der Waals surface area contributed by atoms with Crippen molar-refractivity contribution in [2.45, 2.75) is 5.41 Å². The number of benzene rings is 11. The van der Waals surface area contributed by atoms with Crippen LogP contribution in [0.3, 0.4) is 0 Å². The zero-order valence-corrected chi connectivity index (χ0v) is 37.9. The molecule has 0 amide bonds. The number of para-hydroxylation sites is 4. The van der Waals surface area contributed by atoms with Crippen molar-refractivity contribution in [2.24, 2.45) is 0 Å². The van der Waals surface area contributed by atoms with Gasteiger partial charge in [0, 0.05) is 49.6 Å². The average molecular weight is 892 g/mol. The molecule has 2 aliphatic rings. The second-order valence-corrected chi connectivity index (χ2v) is 18.7. The molecule has 1 atom stereocenters. The molecule has 2 aromatic heterocycles.